The molecular formula is C11H12ClF4NO. The standard InChI is InChI=1S/C11H12ClF4NO/c1-6-2-7(17-5-8(18)4-12)3-9(10(6)13)11(14,15)16/h2-3,8,17-18H,4-5H2,1H3. The number of hydrogen-bond donors (Lipinski definition) is 2. The first-order chi connectivity index (χ1) is 8.25. The molecule has 0 amide bonds. The normalized spacial score (nSPS) is 13.5. The third-order valence-corrected chi connectivity index (χ3v) is 2.64. The lowest BCUT2D eigenvalue weighted by atomic mass is 10.1. The van der Waals surface area contributed by atoms with E-state index in [1.165, 1.54) is 13.0 Å². The number of hydrogen-bond acceptors (Lipinski definition) is 2. The van der Waals surface area contributed by atoms with Crippen molar-refractivity contribution in [1.82, 2.24) is 0 Å². The van der Waals surface area contributed by atoms with E-state index in [4.69, 9.17) is 11.6 Å². The Morgan fingerprint density at radius 3 is 2.50 bits per heavy atom. The summed E-state index contributed by atoms with van der Waals surface area (Å²) in [5, 5.41) is 11.8. The molecule has 1 aromatic carbocycles. The van der Waals surface area contributed by atoms with E-state index in [2.05, 4.69) is 5.32 Å². The Labute approximate surface area is 107 Å². The number of aliphatic hydroxyl groups excluding tert-OH is 1. The van der Waals surface area contributed by atoms with Gasteiger partial charge in [-0.2, -0.15) is 13.2 Å². The zero-order valence-corrected chi connectivity index (χ0v) is 10.2. The molecule has 0 heterocycles. The average molecular weight is 286 g/mol. The molecule has 2 nitrogen and oxygen atoms in total. The molecule has 1 unspecified atom stereocenters. The maximum Gasteiger partial charge on any atom is 0.419 e. The molecular weight excluding hydrogens is 274 g/mol. The van der Waals surface area contributed by atoms with E-state index in [1.807, 2.05) is 0 Å². The minimum absolute atomic E-state index is 0.00807. The first kappa shape index (κ1) is 15.0. The third-order valence-electron chi connectivity index (χ3n) is 2.28. The number of aryl methyl sites for hydroxylation is 1. The summed E-state index contributed by atoms with van der Waals surface area (Å²) in [4.78, 5) is 0. The summed E-state index contributed by atoms with van der Waals surface area (Å²) < 4.78 is 50.9. The molecule has 0 aromatic heterocycles. The molecule has 0 aliphatic rings. The van der Waals surface area contributed by atoms with Crippen LogP contribution < -0.4 is 5.32 Å². The lowest BCUT2D eigenvalue weighted by Crippen LogP contribution is -2.21. The molecule has 0 saturated carbocycles. The van der Waals surface area contributed by atoms with E-state index in [0.717, 1.165) is 0 Å². The van der Waals surface area contributed by atoms with Gasteiger partial charge in [-0.3, -0.25) is 0 Å². The van der Waals surface area contributed by atoms with Crippen LogP contribution >= 0.6 is 11.6 Å². The van der Waals surface area contributed by atoms with Gasteiger partial charge < -0.3 is 10.4 Å². The fourth-order valence-corrected chi connectivity index (χ4v) is 1.48. The summed E-state index contributed by atoms with van der Waals surface area (Å²) in [7, 11) is 0. The predicted octanol–water partition coefficient (Wildman–Crippen LogP) is 3.16. The van der Waals surface area contributed by atoms with Crippen molar-refractivity contribution in [1.29, 1.82) is 0 Å². The van der Waals surface area contributed by atoms with Crippen LogP contribution in [0.25, 0.3) is 0 Å². The summed E-state index contributed by atoms with van der Waals surface area (Å²) >= 11 is 5.35. The van der Waals surface area contributed by atoms with Gasteiger partial charge in [0.2, 0.25) is 0 Å². The fraction of sp³-hybridized carbons (Fsp3) is 0.455. The second-order valence-electron chi connectivity index (χ2n) is 3.84. The van der Waals surface area contributed by atoms with Crippen LogP contribution in [0, 0.1) is 12.7 Å². The van der Waals surface area contributed by atoms with Gasteiger partial charge in [0.1, 0.15) is 5.82 Å². The van der Waals surface area contributed by atoms with Crippen LogP contribution in [0.2, 0.25) is 0 Å². The van der Waals surface area contributed by atoms with Crippen LogP contribution in [0.4, 0.5) is 23.2 Å². The summed E-state index contributed by atoms with van der Waals surface area (Å²) in [5.74, 6) is -1.33. The monoisotopic (exact) mass is 285 g/mol. The summed E-state index contributed by atoms with van der Waals surface area (Å²) in [6.07, 6.45) is -5.64. The molecule has 18 heavy (non-hydrogen) atoms. The van der Waals surface area contributed by atoms with E-state index >= 15 is 0 Å². The van der Waals surface area contributed by atoms with E-state index in [-0.39, 0.29) is 23.7 Å². The Bertz CT molecular complexity index is 422. The number of aliphatic hydroxyl groups is 1. The molecule has 7 heteroatoms. The summed E-state index contributed by atoms with van der Waals surface area (Å²) in [6.45, 7) is 1.24. The molecule has 1 aromatic rings. The zero-order chi connectivity index (χ0) is 13.9. The molecule has 1 rings (SSSR count). The quantitative estimate of drug-likeness (QED) is 0.658. The van der Waals surface area contributed by atoms with Crippen LogP contribution in [-0.2, 0) is 6.18 Å². The van der Waals surface area contributed by atoms with Gasteiger partial charge in [-0.05, 0) is 24.6 Å². The van der Waals surface area contributed by atoms with Crippen LogP contribution in [0.15, 0.2) is 12.1 Å². The lowest BCUT2D eigenvalue weighted by Gasteiger charge is -2.15. The van der Waals surface area contributed by atoms with Gasteiger partial charge in [0.15, 0.2) is 0 Å². The Hall–Kier alpha value is -1.01. The number of rotatable bonds is 4. The number of halogens is 5. The zero-order valence-electron chi connectivity index (χ0n) is 9.48. The van der Waals surface area contributed by atoms with Crippen LogP contribution in [0.5, 0.6) is 0 Å². The minimum atomic E-state index is -4.75. The predicted molar refractivity (Wildman–Crippen MR) is 61.4 cm³/mol. The van der Waals surface area contributed by atoms with Gasteiger partial charge >= 0.3 is 6.18 Å². The highest BCUT2D eigenvalue weighted by Crippen LogP contribution is 2.34. The van der Waals surface area contributed by atoms with E-state index in [0.29, 0.717) is 6.07 Å². The van der Waals surface area contributed by atoms with Gasteiger partial charge in [-0.25, -0.2) is 4.39 Å². The van der Waals surface area contributed by atoms with Crippen LogP contribution in [0.3, 0.4) is 0 Å². The molecule has 0 bridgehead atoms. The number of benzene rings is 1. The molecule has 0 aliphatic carbocycles. The maximum absolute atomic E-state index is 13.3. The second-order valence-corrected chi connectivity index (χ2v) is 4.15. The third kappa shape index (κ3) is 3.74. The Balaban J connectivity index is 2.98. The van der Waals surface area contributed by atoms with Crippen molar-refractivity contribution < 1.29 is 22.7 Å². The van der Waals surface area contributed by atoms with Crippen LogP contribution in [0.1, 0.15) is 11.1 Å². The largest absolute Gasteiger partial charge is 0.419 e. The van der Waals surface area contributed by atoms with Crippen molar-refractivity contribution in [2.45, 2.75) is 19.2 Å². The van der Waals surface area contributed by atoms with Crippen molar-refractivity contribution in [2.75, 3.05) is 17.7 Å². The highest BCUT2D eigenvalue weighted by atomic mass is 35.5. The molecule has 0 radical (unpaired) electrons. The van der Waals surface area contributed by atoms with Crippen molar-refractivity contribution in [3.8, 4) is 0 Å². The molecule has 0 saturated heterocycles. The number of anilines is 1. The van der Waals surface area contributed by atoms with Gasteiger partial charge in [0.05, 0.1) is 17.5 Å². The highest BCUT2D eigenvalue weighted by molar-refractivity contribution is 6.18. The van der Waals surface area contributed by atoms with Gasteiger partial charge in [-0.15, -0.1) is 11.6 Å². The van der Waals surface area contributed by atoms with Crippen LogP contribution in [-0.4, -0.2) is 23.6 Å². The smallest absolute Gasteiger partial charge is 0.390 e. The van der Waals surface area contributed by atoms with Crippen molar-refractivity contribution in [2.24, 2.45) is 0 Å². The second kappa shape index (κ2) is 5.75. The average Bonchev–Trinajstić information content (AvgIpc) is 2.28. The summed E-state index contributed by atoms with van der Waals surface area (Å²) in [6, 6.07) is 1.91. The first-order valence-corrected chi connectivity index (χ1v) is 5.64. The highest BCUT2D eigenvalue weighted by Gasteiger charge is 2.35. The van der Waals surface area contributed by atoms with E-state index in [9.17, 15) is 22.7 Å². The van der Waals surface area contributed by atoms with Gasteiger partial charge in [0, 0.05) is 12.2 Å². The Morgan fingerprint density at radius 2 is 2.00 bits per heavy atom. The molecule has 0 aliphatic heterocycles. The fourth-order valence-electron chi connectivity index (χ4n) is 1.37. The summed E-state index contributed by atoms with van der Waals surface area (Å²) in [5.41, 5.74) is -1.36. The first-order valence-electron chi connectivity index (χ1n) is 5.11. The minimum Gasteiger partial charge on any atom is -0.390 e. The molecule has 1 atom stereocenters. The van der Waals surface area contributed by atoms with Crippen molar-refractivity contribution in [3.05, 3.63) is 29.1 Å². The van der Waals surface area contributed by atoms with Crippen molar-refractivity contribution in [3.63, 3.8) is 0 Å². The molecule has 2 N–H and O–H groups in total. The SMILES string of the molecule is Cc1cc(NCC(O)CCl)cc(C(F)(F)F)c1F. The molecule has 102 valence electrons. The Kier molecular flexibility index (Phi) is 4.81. The van der Waals surface area contributed by atoms with Gasteiger partial charge in [0.25, 0.3) is 0 Å². The van der Waals surface area contributed by atoms with E-state index in [1.54, 1.807) is 0 Å². The topological polar surface area (TPSA) is 32.3 Å². The molecule has 0 spiro atoms. The number of alkyl halides is 4. The van der Waals surface area contributed by atoms with Crippen molar-refractivity contribution >= 4 is 17.3 Å². The number of nitrogens with one attached hydrogen (secondary N) is 1. The van der Waals surface area contributed by atoms with E-state index < -0.39 is 23.7 Å². The Morgan fingerprint density at radius 1 is 1.39 bits per heavy atom. The lowest BCUT2D eigenvalue weighted by molar-refractivity contribution is -0.140. The maximum atomic E-state index is 13.3. The molecule has 0 fully saturated rings. The van der Waals surface area contributed by atoms with Gasteiger partial charge in [-0.1, -0.05) is 0 Å².